The van der Waals surface area contributed by atoms with Crippen molar-refractivity contribution >= 4 is 28.1 Å². The molecule has 1 aromatic heterocycles. The average Bonchev–Trinajstić information content (AvgIpc) is 2.56. The Labute approximate surface area is 141 Å². The van der Waals surface area contributed by atoms with Gasteiger partial charge in [0.2, 0.25) is 0 Å². The number of nitrogens with one attached hydrogen (secondary N) is 2. The standard InChI is InChI=1S/C18H21N6/c1-13-6-5-7-14(10-13)20-18-16-11-15(21-22-19-2)8-9-17(16)23(3)12-24(18)4/h5-12H,1-4H3,(H,19,21)/q+1/p+1. The summed E-state index contributed by atoms with van der Waals surface area (Å²) in [5.74, 6) is 1.02. The lowest BCUT2D eigenvalue weighted by Crippen LogP contribution is -2.44. The van der Waals surface area contributed by atoms with Crippen LogP contribution in [0.1, 0.15) is 5.56 Å². The Kier molecular flexibility index (Phi) is 4.37. The predicted octanol–water partition coefficient (Wildman–Crippen LogP) is 2.95. The summed E-state index contributed by atoms with van der Waals surface area (Å²) in [4.78, 5) is 0. The highest BCUT2D eigenvalue weighted by molar-refractivity contribution is 5.89. The van der Waals surface area contributed by atoms with Crippen LogP contribution in [0, 0.1) is 6.92 Å². The zero-order chi connectivity index (χ0) is 17.1. The van der Waals surface area contributed by atoms with Crippen molar-refractivity contribution in [1.82, 2.24) is 0 Å². The normalized spacial score (nSPS) is 11.2. The molecule has 0 amide bonds. The maximum absolute atomic E-state index is 3.86. The van der Waals surface area contributed by atoms with E-state index < -0.39 is 0 Å². The highest BCUT2D eigenvalue weighted by Crippen LogP contribution is 2.24. The number of hydrogen-bond donors (Lipinski definition) is 2. The van der Waals surface area contributed by atoms with Crippen molar-refractivity contribution < 1.29 is 9.13 Å². The number of nitrogens with zero attached hydrogens (tertiary/aromatic N) is 4. The maximum Gasteiger partial charge on any atom is 0.350 e. The molecule has 0 saturated carbocycles. The van der Waals surface area contributed by atoms with E-state index in [1.807, 2.05) is 20.2 Å². The van der Waals surface area contributed by atoms with Gasteiger partial charge in [-0.05, 0) is 42.8 Å². The molecular weight excluding hydrogens is 300 g/mol. The molecule has 1 heterocycles. The average molecular weight is 322 g/mol. The molecule has 122 valence electrons. The number of hydrogen-bond acceptors (Lipinski definition) is 3. The van der Waals surface area contributed by atoms with E-state index in [9.17, 15) is 0 Å². The Hall–Kier alpha value is -3.02. The Balaban J connectivity index is 2.13. The second kappa shape index (κ2) is 6.62. The summed E-state index contributed by atoms with van der Waals surface area (Å²) >= 11 is 0. The van der Waals surface area contributed by atoms with Crippen molar-refractivity contribution in [2.24, 2.45) is 24.4 Å². The van der Waals surface area contributed by atoms with Crippen LogP contribution in [0.25, 0.3) is 10.9 Å². The van der Waals surface area contributed by atoms with Gasteiger partial charge < -0.3 is 0 Å². The van der Waals surface area contributed by atoms with Gasteiger partial charge in [0.1, 0.15) is 19.5 Å². The fourth-order valence-corrected chi connectivity index (χ4v) is 2.80. The van der Waals surface area contributed by atoms with Gasteiger partial charge in [-0.2, -0.15) is 9.68 Å². The molecule has 24 heavy (non-hydrogen) atoms. The first-order valence-electron chi connectivity index (χ1n) is 7.79. The van der Waals surface area contributed by atoms with Crippen molar-refractivity contribution in [3.63, 3.8) is 0 Å². The van der Waals surface area contributed by atoms with Crippen LogP contribution in [0.4, 0.5) is 17.2 Å². The van der Waals surface area contributed by atoms with E-state index in [1.165, 1.54) is 5.56 Å². The molecule has 6 heteroatoms. The molecule has 0 unspecified atom stereocenters. The van der Waals surface area contributed by atoms with Crippen LogP contribution in [0.3, 0.4) is 0 Å². The van der Waals surface area contributed by atoms with Crippen LogP contribution >= 0.6 is 0 Å². The zero-order valence-corrected chi connectivity index (χ0v) is 14.4. The summed E-state index contributed by atoms with van der Waals surface area (Å²) in [5.41, 5.74) is 7.24. The molecule has 0 aliphatic rings. The number of rotatable bonds is 4. The van der Waals surface area contributed by atoms with Gasteiger partial charge >= 0.3 is 12.1 Å². The van der Waals surface area contributed by atoms with Gasteiger partial charge in [0.25, 0.3) is 0 Å². The van der Waals surface area contributed by atoms with E-state index >= 15 is 0 Å². The fraction of sp³-hybridized carbons (Fsp3) is 0.222. The first-order chi connectivity index (χ1) is 11.6. The molecule has 2 aromatic carbocycles. The fourth-order valence-electron chi connectivity index (χ4n) is 2.80. The lowest BCUT2D eigenvalue weighted by Gasteiger charge is -2.07. The number of aromatic nitrogens is 2. The highest BCUT2D eigenvalue weighted by atomic mass is 15.4. The lowest BCUT2D eigenvalue weighted by molar-refractivity contribution is -0.783. The van der Waals surface area contributed by atoms with E-state index in [2.05, 4.69) is 79.9 Å². The minimum absolute atomic E-state index is 0.895. The van der Waals surface area contributed by atoms with Crippen LogP contribution < -0.4 is 19.9 Å². The summed E-state index contributed by atoms with van der Waals surface area (Å²) in [6.07, 6.45) is 2.05. The third-order valence-corrected chi connectivity index (χ3v) is 3.89. The minimum atomic E-state index is 0.895. The molecule has 2 N–H and O–H groups in total. The Bertz CT molecular complexity index is 917. The quantitative estimate of drug-likeness (QED) is 0.441. The summed E-state index contributed by atoms with van der Waals surface area (Å²) in [7, 11) is 5.71. The van der Waals surface area contributed by atoms with Crippen LogP contribution in [-0.4, -0.2) is 7.05 Å². The third kappa shape index (κ3) is 3.17. The van der Waals surface area contributed by atoms with Crippen LogP contribution in [0.5, 0.6) is 0 Å². The van der Waals surface area contributed by atoms with E-state index in [-0.39, 0.29) is 0 Å². The van der Waals surface area contributed by atoms with Gasteiger partial charge in [0, 0.05) is 0 Å². The summed E-state index contributed by atoms with van der Waals surface area (Å²) < 4.78 is 4.18. The topological polar surface area (TPSA) is 56.5 Å². The van der Waals surface area contributed by atoms with Crippen LogP contribution in [0.15, 0.2) is 59.1 Å². The number of benzene rings is 2. The highest BCUT2D eigenvalue weighted by Gasteiger charge is 2.21. The summed E-state index contributed by atoms with van der Waals surface area (Å²) in [6, 6.07) is 14.5. The monoisotopic (exact) mass is 322 g/mol. The van der Waals surface area contributed by atoms with Gasteiger partial charge in [0.15, 0.2) is 11.2 Å². The van der Waals surface area contributed by atoms with E-state index in [4.69, 9.17) is 0 Å². The SMILES string of the molecule is CN=NNc1ccc2c(c1)c(Nc1cccc(C)c1)[n+](C)c[n+]2C. The van der Waals surface area contributed by atoms with Gasteiger partial charge in [-0.3, -0.25) is 5.43 Å². The number of aryl methyl sites for hydroxylation is 3. The van der Waals surface area contributed by atoms with Crippen LogP contribution in [0.2, 0.25) is 0 Å². The molecule has 0 saturated heterocycles. The maximum atomic E-state index is 3.86. The summed E-state index contributed by atoms with van der Waals surface area (Å²) in [5, 5.41) is 12.2. The molecule has 0 atom stereocenters. The van der Waals surface area contributed by atoms with E-state index in [0.717, 1.165) is 28.1 Å². The smallest absolute Gasteiger partial charge is 0.260 e. The van der Waals surface area contributed by atoms with Crippen molar-refractivity contribution in [3.05, 3.63) is 54.4 Å². The molecule has 0 aliphatic carbocycles. The molecule has 0 aliphatic heterocycles. The summed E-state index contributed by atoms with van der Waals surface area (Å²) in [6.45, 7) is 2.09. The second-order valence-corrected chi connectivity index (χ2v) is 5.82. The second-order valence-electron chi connectivity index (χ2n) is 5.82. The molecular formula is C18H22N6+2. The zero-order valence-electron chi connectivity index (χ0n) is 14.4. The Morgan fingerprint density at radius 1 is 0.958 bits per heavy atom. The van der Waals surface area contributed by atoms with Gasteiger partial charge in [-0.1, -0.05) is 17.4 Å². The first kappa shape index (κ1) is 15.9. The van der Waals surface area contributed by atoms with Gasteiger partial charge in [0.05, 0.1) is 12.7 Å². The first-order valence-corrected chi connectivity index (χ1v) is 7.79. The molecule has 0 radical (unpaired) electrons. The van der Waals surface area contributed by atoms with E-state index in [0.29, 0.717) is 0 Å². The van der Waals surface area contributed by atoms with Gasteiger partial charge in [-0.15, -0.1) is 0 Å². The lowest BCUT2D eigenvalue weighted by atomic mass is 10.2. The molecule has 6 nitrogen and oxygen atoms in total. The molecule has 0 spiro atoms. The van der Waals surface area contributed by atoms with Crippen LogP contribution in [-0.2, 0) is 14.1 Å². The number of anilines is 3. The van der Waals surface area contributed by atoms with Gasteiger partial charge in [-0.25, -0.2) is 9.88 Å². The Morgan fingerprint density at radius 2 is 1.79 bits per heavy atom. The molecule has 3 rings (SSSR count). The van der Waals surface area contributed by atoms with Crippen molar-refractivity contribution in [3.8, 4) is 0 Å². The third-order valence-electron chi connectivity index (χ3n) is 3.89. The minimum Gasteiger partial charge on any atom is -0.260 e. The Morgan fingerprint density at radius 3 is 2.54 bits per heavy atom. The predicted molar refractivity (Wildman–Crippen MR) is 95.2 cm³/mol. The molecule has 0 fully saturated rings. The molecule has 0 bridgehead atoms. The number of fused-ring (bicyclic) bond motifs is 1. The van der Waals surface area contributed by atoms with E-state index in [1.54, 1.807) is 7.05 Å². The van der Waals surface area contributed by atoms with Crippen molar-refractivity contribution in [2.45, 2.75) is 6.92 Å². The van der Waals surface area contributed by atoms with Crippen molar-refractivity contribution in [2.75, 3.05) is 17.8 Å². The van der Waals surface area contributed by atoms with Crippen molar-refractivity contribution in [1.29, 1.82) is 0 Å². The largest absolute Gasteiger partial charge is 0.350 e. The molecule has 3 aromatic rings.